The fraction of sp³-hybridized carbons (Fsp3) is 0.480. The van der Waals surface area contributed by atoms with E-state index in [1.807, 2.05) is 29.2 Å². The summed E-state index contributed by atoms with van der Waals surface area (Å²) in [5, 5.41) is 0.766. The van der Waals surface area contributed by atoms with Crippen LogP contribution in [-0.2, 0) is 16.8 Å². The van der Waals surface area contributed by atoms with Crippen LogP contribution in [0.25, 0.3) is 0 Å². The Labute approximate surface area is 182 Å². The topological polar surface area (TPSA) is 23.6 Å². The number of anilines is 1. The van der Waals surface area contributed by atoms with Crippen molar-refractivity contribution in [2.24, 2.45) is 5.92 Å². The average Bonchev–Trinajstić information content (AvgIpc) is 3.37. The lowest BCUT2D eigenvalue weighted by atomic mass is 9.74. The Hall–Kier alpha value is -1.91. The molecule has 0 N–H and O–H groups in total. The van der Waals surface area contributed by atoms with E-state index in [4.69, 9.17) is 11.6 Å². The van der Waals surface area contributed by atoms with Crippen molar-refractivity contribution in [1.82, 2.24) is 4.90 Å². The molecule has 2 fully saturated rings. The maximum atomic E-state index is 14.2. The van der Waals surface area contributed by atoms with E-state index in [0.29, 0.717) is 6.54 Å². The van der Waals surface area contributed by atoms with Crippen LogP contribution in [-0.4, -0.2) is 30.4 Å². The zero-order valence-corrected chi connectivity index (χ0v) is 18.0. The van der Waals surface area contributed by atoms with Gasteiger partial charge in [-0.15, -0.1) is 0 Å². The molecule has 5 heteroatoms. The smallest absolute Gasteiger partial charge is 0.230 e. The zero-order chi connectivity index (χ0) is 20.7. The van der Waals surface area contributed by atoms with Crippen LogP contribution >= 0.6 is 11.6 Å². The number of fused-ring (bicyclic) bond motifs is 2. The van der Waals surface area contributed by atoms with Crippen LogP contribution in [0.15, 0.2) is 42.5 Å². The monoisotopic (exact) mass is 426 g/mol. The Kier molecular flexibility index (Phi) is 5.32. The van der Waals surface area contributed by atoms with E-state index >= 15 is 0 Å². The van der Waals surface area contributed by atoms with Crippen molar-refractivity contribution < 1.29 is 9.18 Å². The molecule has 1 amide bonds. The van der Waals surface area contributed by atoms with Gasteiger partial charge >= 0.3 is 0 Å². The summed E-state index contributed by atoms with van der Waals surface area (Å²) in [7, 11) is 0. The molecule has 1 aliphatic carbocycles. The Morgan fingerprint density at radius 1 is 1.10 bits per heavy atom. The van der Waals surface area contributed by atoms with Crippen molar-refractivity contribution >= 4 is 23.2 Å². The first kappa shape index (κ1) is 20.0. The van der Waals surface area contributed by atoms with Gasteiger partial charge in [0.2, 0.25) is 5.91 Å². The number of rotatable bonds is 3. The fourth-order valence-electron chi connectivity index (χ4n) is 5.69. The molecule has 1 saturated carbocycles. The lowest BCUT2D eigenvalue weighted by Crippen LogP contribution is -2.46. The number of carbonyl (C=O) groups excluding carboxylic acids is 1. The highest BCUT2D eigenvalue weighted by Gasteiger charge is 2.47. The SMILES string of the molecule is O=C(C1CCCC1)N1CC2(CCN(Cc3cccc(Cl)c3)CC2)c2cc(F)ccc21. The third kappa shape index (κ3) is 3.65. The molecule has 3 nitrogen and oxygen atoms in total. The van der Waals surface area contributed by atoms with Crippen molar-refractivity contribution in [1.29, 1.82) is 0 Å². The van der Waals surface area contributed by atoms with Gasteiger partial charge in [-0.1, -0.05) is 36.6 Å². The first-order valence-corrected chi connectivity index (χ1v) is 11.5. The minimum absolute atomic E-state index is 0.128. The van der Waals surface area contributed by atoms with Crippen molar-refractivity contribution in [2.45, 2.75) is 50.5 Å². The molecule has 0 radical (unpaired) electrons. The summed E-state index contributed by atoms with van der Waals surface area (Å²) in [5.41, 5.74) is 3.07. The van der Waals surface area contributed by atoms with Gasteiger partial charge in [0.25, 0.3) is 0 Å². The standard InChI is InChI=1S/C25H28ClFN2O/c26-20-7-3-4-18(14-20)16-28-12-10-25(11-13-28)17-29(24(30)19-5-1-2-6-19)23-9-8-21(27)15-22(23)25/h3-4,7-9,14-15,19H,1-2,5-6,10-13,16-17H2. The molecule has 5 rings (SSSR count). The minimum atomic E-state index is -0.204. The molecule has 2 aromatic carbocycles. The number of hydrogen-bond acceptors (Lipinski definition) is 2. The third-order valence-electron chi connectivity index (χ3n) is 7.36. The normalized spacial score (nSPS) is 21.3. The highest BCUT2D eigenvalue weighted by Crippen LogP contribution is 2.48. The molecule has 3 aliphatic rings. The lowest BCUT2D eigenvalue weighted by Gasteiger charge is -2.40. The van der Waals surface area contributed by atoms with Gasteiger partial charge in [-0.2, -0.15) is 0 Å². The molecule has 2 aliphatic heterocycles. The molecule has 1 spiro atoms. The quantitative estimate of drug-likeness (QED) is 0.642. The zero-order valence-electron chi connectivity index (χ0n) is 17.2. The maximum absolute atomic E-state index is 14.2. The number of carbonyl (C=O) groups is 1. The van der Waals surface area contributed by atoms with Crippen molar-refractivity contribution in [3.63, 3.8) is 0 Å². The van der Waals surface area contributed by atoms with Crippen molar-refractivity contribution in [2.75, 3.05) is 24.5 Å². The number of halogens is 2. The highest BCUT2D eigenvalue weighted by atomic mass is 35.5. The molecule has 1 saturated heterocycles. The second-order valence-electron chi connectivity index (χ2n) is 9.25. The van der Waals surface area contributed by atoms with Gasteiger partial charge in [0, 0.05) is 35.1 Å². The van der Waals surface area contributed by atoms with E-state index in [0.717, 1.165) is 74.4 Å². The largest absolute Gasteiger partial charge is 0.311 e. The van der Waals surface area contributed by atoms with Gasteiger partial charge in [0.1, 0.15) is 5.82 Å². The molecule has 0 bridgehead atoms. The highest BCUT2D eigenvalue weighted by molar-refractivity contribution is 6.30. The van der Waals surface area contributed by atoms with Crippen LogP contribution in [0.5, 0.6) is 0 Å². The van der Waals surface area contributed by atoms with E-state index < -0.39 is 0 Å². The van der Waals surface area contributed by atoms with E-state index in [1.165, 1.54) is 11.6 Å². The summed E-state index contributed by atoms with van der Waals surface area (Å²) in [4.78, 5) is 17.7. The van der Waals surface area contributed by atoms with Crippen molar-refractivity contribution in [3.8, 4) is 0 Å². The molecule has 2 aromatic rings. The second-order valence-corrected chi connectivity index (χ2v) is 9.69. The van der Waals surface area contributed by atoms with Crippen molar-refractivity contribution in [3.05, 3.63) is 64.4 Å². The van der Waals surface area contributed by atoms with Gasteiger partial charge in [0.15, 0.2) is 0 Å². The molecule has 2 heterocycles. The first-order chi connectivity index (χ1) is 14.5. The molecule has 30 heavy (non-hydrogen) atoms. The van der Waals surface area contributed by atoms with E-state index in [2.05, 4.69) is 11.0 Å². The number of amides is 1. The second kappa shape index (κ2) is 7.97. The molecule has 0 atom stereocenters. The number of nitrogens with zero attached hydrogens (tertiary/aromatic N) is 2. The van der Waals surface area contributed by atoms with Gasteiger partial charge in [-0.05, 0) is 80.2 Å². The number of likely N-dealkylation sites (tertiary alicyclic amines) is 1. The maximum Gasteiger partial charge on any atom is 0.230 e. The predicted molar refractivity (Wildman–Crippen MR) is 118 cm³/mol. The van der Waals surface area contributed by atoms with Gasteiger partial charge < -0.3 is 4.90 Å². The minimum Gasteiger partial charge on any atom is -0.311 e. The van der Waals surface area contributed by atoms with E-state index in [-0.39, 0.29) is 23.1 Å². The first-order valence-electron chi connectivity index (χ1n) is 11.1. The van der Waals surface area contributed by atoms with Gasteiger partial charge in [0.05, 0.1) is 0 Å². The summed E-state index contributed by atoms with van der Waals surface area (Å²) in [5.74, 6) is 0.184. The Morgan fingerprint density at radius 3 is 2.60 bits per heavy atom. The number of piperidine rings is 1. The van der Waals surface area contributed by atoms with Gasteiger partial charge in [-0.25, -0.2) is 4.39 Å². The van der Waals surface area contributed by atoms with Crippen LogP contribution in [0.2, 0.25) is 5.02 Å². The Bertz CT molecular complexity index is 948. The molecule has 0 aromatic heterocycles. The van der Waals surface area contributed by atoms with Crippen LogP contribution < -0.4 is 4.90 Å². The molecule has 0 unspecified atom stereocenters. The van der Waals surface area contributed by atoms with Crippen LogP contribution in [0.4, 0.5) is 10.1 Å². The van der Waals surface area contributed by atoms with Crippen LogP contribution in [0.1, 0.15) is 49.7 Å². The van der Waals surface area contributed by atoms with Crippen LogP contribution in [0.3, 0.4) is 0 Å². The summed E-state index contributed by atoms with van der Waals surface area (Å²) < 4.78 is 14.2. The predicted octanol–water partition coefficient (Wildman–Crippen LogP) is 5.55. The molecule has 158 valence electrons. The fourth-order valence-corrected chi connectivity index (χ4v) is 5.90. The average molecular weight is 427 g/mol. The Morgan fingerprint density at radius 2 is 1.87 bits per heavy atom. The van der Waals surface area contributed by atoms with Gasteiger partial charge in [-0.3, -0.25) is 9.69 Å². The summed E-state index contributed by atoms with van der Waals surface area (Å²) in [6.45, 7) is 3.45. The Balaban J connectivity index is 1.35. The van der Waals surface area contributed by atoms with E-state index in [9.17, 15) is 9.18 Å². The lowest BCUT2D eigenvalue weighted by molar-refractivity contribution is -0.122. The van der Waals surface area contributed by atoms with E-state index in [1.54, 1.807) is 6.07 Å². The summed E-state index contributed by atoms with van der Waals surface area (Å²) in [6, 6.07) is 13.0. The summed E-state index contributed by atoms with van der Waals surface area (Å²) in [6.07, 6.45) is 6.16. The number of benzene rings is 2. The third-order valence-corrected chi connectivity index (χ3v) is 7.60. The van der Waals surface area contributed by atoms with Crippen LogP contribution in [0, 0.1) is 11.7 Å². The number of hydrogen-bond donors (Lipinski definition) is 0. The summed E-state index contributed by atoms with van der Waals surface area (Å²) >= 11 is 6.14. The molecular weight excluding hydrogens is 399 g/mol. The molecular formula is C25H28ClFN2O.